The van der Waals surface area contributed by atoms with E-state index in [1.807, 2.05) is 63.2 Å². The van der Waals surface area contributed by atoms with E-state index in [-0.39, 0.29) is 17.9 Å². The van der Waals surface area contributed by atoms with Crippen molar-refractivity contribution in [2.24, 2.45) is 0 Å². The van der Waals surface area contributed by atoms with E-state index in [0.717, 1.165) is 23.1 Å². The van der Waals surface area contributed by atoms with Gasteiger partial charge in [0.1, 0.15) is 22.1 Å². The number of hydrogen-bond acceptors (Lipinski definition) is 5. The number of nitrogens with zero attached hydrogens (tertiary/aromatic N) is 3. The Labute approximate surface area is 220 Å². The zero-order chi connectivity index (χ0) is 26.2. The standard InChI is InChI=1S/C28H28ClN5O3/c1-28(2,3)37-27(36)34-13-11-20(16-34)17-6-4-7-19(14-17)26(35)32-22-9-5-8-21-24(22)33-25(31-21)18-10-12-30-23(29)15-18/h4-10,12,14-15,20H,11,13,16H2,1-3H3,(H,31,33)(H,32,35). The monoisotopic (exact) mass is 517 g/mol. The first-order valence-corrected chi connectivity index (χ1v) is 12.5. The number of fused-ring (bicyclic) bond motifs is 1. The fraction of sp³-hybridized carbons (Fsp3) is 0.286. The molecule has 2 amide bonds. The summed E-state index contributed by atoms with van der Waals surface area (Å²) in [7, 11) is 0. The highest BCUT2D eigenvalue weighted by Crippen LogP contribution is 2.30. The number of aromatic nitrogens is 3. The summed E-state index contributed by atoms with van der Waals surface area (Å²) in [6.07, 6.45) is 2.14. The summed E-state index contributed by atoms with van der Waals surface area (Å²) in [4.78, 5) is 39.4. The summed E-state index contributed by atoms with van der Waals surface area (Å²) in [6.45, 7) is 6.77. The van der Waals surface area contributed by atoms with E-state index >= 15 is 0 Å². The van der Waals surface area contributed by atoms with Gasteiger partial charge in [0.05, 0.1) is 11.2 Å². The van der Waals surface area contributed by atoms with E-state index in [2.05, 4.69) is 15.3 Å². The highest BCUT2D eigenvalue weighted by atomic mass is 35.5. The Morgan fingerprint density at radius 3 is 2.73 bits per heavy atom. The maximum atomic E-state index is 13.2. The molecule has 1 saturated heterocycles. The van der Waals surface area contributed by atoms with Crippen LogP contribution in [0.1, 0.15) is 49.0 Å². The van der Waals surface area contributed by atoms with Gasteiger partial charge in [0.2, 0.25) is 0 Å². The molecule has 2 aromatic heterocycles. The van der Waals surface area contributed by atoms with E-state index in [1.165, 1.54) is 0 Å². The minimum Gasteiger partial charge on any atom is -0.444 e. The minimum atomic E-state index is -0.531. The van der Waals surface area contributed by atoms with Crippen LogP contribution in [0.2, 0.25) is 5.15 Å². The van der Waals surface area contributed by atoms with Crippen LogP contribution in [-0.2, 0) is 4.74 Å². The van der Waals surface area contributed by atoms with Crippen molar-refractivity contribution in [3.8, 4) is 11.4 Å². The van der Waals surface area contributed by atoms with Crippen LogP contribution < -0.4 is 5.32 Å². The largest absolute Gasteiger partial charge is 0.444 e. The van der Waals surface area contributed by atoms with Gasteiger partial charge in [-0.15, -0.1) is 0 Å². The van der Waals surface area contributed by atoms with Gasteiger partial charge in [-0.3, -0.25) is 4.79 Å². The molecular weight excluding hydrogens is 490 g/mol. The zero-order valence-electron chi connectivity index (χ0n) is 20.9. The number of para-hydroxylation sites is 1. The molecule has 1 aliphatic heterocycles. The van der Waals surface area contributed by atoms with Crippen LogP contribution in [0, 0.1) is 0 Å². The summed E-state index contributed by atoms with van der Waals surface area (Å²) in [5, 5.41) is 3.38. The number of amides is 2. The number of rotatable bonds is 4. The van der Waals surface area contributed by atoms with Gasteiger partial charge >= 0.3 is 6.09 Å². The lowest BCUT2D eigenvalue weighted by atomic mass is 9.96. The lowest BCUT2D eigenvalue weighted by molar-refractivity contribution is 0.0292. The first-order chi connectivity index (χ1) is 17.7. The summed E-state index contributed by atoms with van der Waals surface area (Å²) in [5.41, 5.74) is 3.89. The number of halogens is 1. The number of carbonyl (C=O) groups is 2. The average molecular weight is 518 g/mol. The third-order valence-electron chi connectivity index (χ3n) is 6.22. The minimum absolute atomic E-state index is 0.143. The van der Waals surface area contributed by atoms with Crippen molar-refractivity contribution in [3.63, 3.8) is 0 Å². The van der Waals surface area contributed by atoms with Crippen molar-refractivity contribution >= 4 is 40.3 Å². The Bertz CT molecular complexity index is 1480. The van der Waals surface area contributed by atoms with Crippen molar-refractivity contribution in [3.05, 3.63) is 77.1 Å². The molecule has 8 nitrogen and oxygen atoms in total. The highest BCUT2D eigenvalue weighted by Gasteiger charge is 2.30. The van der Waals surface area contributed by atoms with Crippen molar-refractivity contribution in [2.75, 3.05) is 18.4 Å². The Kier molecular flexibility index (Phi) is 6.60. The molecule has 1 unspecified atom stereocenters. The molecule has 2 aromatic carbocycles. The molecule has 0 bridgehead atoms. The first-order valence-electron chi connectivity index (χ1n) is 12.2. The second-order valence-electron chi connectivity index (χ2n) is 10.1. The number of carbonyl (C=O) groups excluding carboxylic acids is 2. The van der Waals surface area contributed by atoms with E-state index in [0.29, 0.717) is 40.8 Å². The maximum Gasteiger partial charge on any atom is 0.410 e. The number of hydrogen-bond donors (Lipinski definition) is 2. The van der Waals surface area contributed by atoms with E-state index in [1.54, 1.807) is 23.2 Å². The van der Waals surface area contributed by atoms with Crippen LogP contribution in [0.15, 0.2) is 60.8 Å². The van der Waals surface area contributed by atoms with Gasteiger partial charge in [0.25, 0.3) is 5.91 Å². The van der Waals surface area contributed by atoms with Gasteiger partial charge < -0.3 is 19.9 Å². The van der Waals surface area contributed by atoms with Crippen molar-refractivity contribution in [1.82, 2.24) is 19.9 Å². The van der Waals surface area contributed by atoms with Crippen LogP contribution in [-0.4, -0.2) is 50.5 Å². The lowest BCUT2D eigenvalue weighted by Crippen LogP contribution is -2.35. The van der Waals surface area contributed by atoms with Crippen LogP contribution >= 0.6 is 11.6 Å². The number of likely N-dealkylation sites (tertiary alicyclic amines) is 1. The van der Waals surface area contributed by atoms with Crippen LogP contribution in [0.5, 0.6) is 0 Å². The van der Waals surface area contributed by atoms with Crippen LogP contribution in [0.3, 0.4) is 0 Å². The van der Waals surface area contributed by atoms with Crippen molar-refractivity contribution in [2.45, 2.75) is 38.7 Å². The average Bonchev–Trinajstić information content (AvgIpc) is 3.52. The summed E-state index contributed by atoms with van der Waals surface area (Å²) >= 11 is 6.03. The van der Waals surface area contributed by atoms with E-state index in [4.69, 9.17) is 21.3 Å². The Balaban J connectivity index is 1.32. The van der Waals surface area contributed by atoms with Gasteiger partial charge in [-0.2, -0.15) is 0 Å². The molecule has 1 atom stereocenters. The Morgan fingerprint density at radius 1 is 1.14 bits per heavy atom. The second-order valence-corrected chi connectivity index (χ2v) is 10.5. The number of H-pyrrole nitrogens is 1. The normalized spacial score (nSPS) is 15.7. The number of aromatic amines is 1. The topological polar surface area (TPSA) is 100 Å². The lowest BCUT2D eigenvalue weighted by Gasteiger charge is -2.24. The van der Waals surface area contributed by atoms with E-state index < -0.39 is 5.60 Å². The molecule has 2 N–H and O–H groups in total. The fourth-order valence-corrected chi connectivity index (χ4v) is 4.65. The van der Waals surface area contributed by atoms with Gasteiger partial charge in [0, 0.05) is 36.3 Å². The van der Waals surface area contributed by atoms with Gasteiger partial charge in [-0.25, -0.2) is 14.8 Å². The quantitative estimate of drug-likeness (QED) is 0.311. The van der Waals surface area contributed by atoms with Crippen LogP contribution in [0.4, 0.5) is 10.5 Å². The predicted octanol–water partition coefficient (Wildman–Crippen LogP) is 6.26. The molecule has 3 heterocycles. The number of ether oxygens (including phenoxy) is 1. The molecular formula is C28H28ClN5O3. The number of imidazole rings is 1. The maximum absolute atomic E-state index is 13.2. The molecule has 0 saturated carbocycles. The molecule has 37 heavy (non-hydrogen) atoms. The summed E-state index contributed by atoms with van der Waals surface area (Å²) < 4.78 is 5.51. The Morgan fingerprint density at radius 2 is 1.95 bits per heavy atom. The molecule has 0 spiro atoms. The molecule has 190 valence electrons. The predicted molar refractivity (Wildman–Crippen MR) is 144 cm³/mol. The second kappa shape index (κ2) is 9.86. The van der Waals surface area contributed by atoms with E-state index in [9.17, 15) is 9.59 Å². The van der Waals surface area contributed by atoms with Gasteiger partial charge in [-0.1, -0.05) is 29.8 Å². The third-order valence-corrected chi connectivity index (χ3v) is 6.43. The van der Waals surface area contributed by atoms with Gasteiger partial charge in [0.15, 0.2) is 0 Å². The molecule has 4 aromatic rings. The smallest absolute Gasteiger partial charge is 0.410 e. The molecule has 0 radical (unpaired) electrons. The molecule has 1 aliphatic rings. The molecule has 9 heteroatoms. The molecule has 0 aliphatic carbocycles. The SMILES string of the molecule is CC(C)(C)OC(=O)N1CCC(c2cccc(C(=O)Nc3cccc4[nH]c(-c5ccnc(Cl)c5)nc34)c2)C1. The number of anilines is 1. The number of pyridine rings is 1. The molecule has 1 fully saturated rings. The van der Waals surface area contributed by atoms with Crippen LogP contribution in [0.25, 0.3) is 22.4 Å². The third kappa shape index (κ3) is 5.59. The summed E-state index contributed by atoms with van der Waals surface area (Å²) in [6, 6.07) is 16.7. The fourth-order valence-electron chi connectivity index (χ4n) is 4.47. The highest BCUT2D eigenvalue weighted by molar-refractivity contribution is 6.29. The van der Waals surface area contributed by atoms with Crippen molar-refractivity contribution < 1.29 is 14.3 Å². The zero-order valence-corrected chi connectivity index (χ0v) is 21.7. The number of nitrogens with one attached hydrogen (secondary N) is 2. The number of benzene rings is 2. The van der Waals surface area contributed by atoms with Gasteiger partial charge in [-0.05, 0) is 69.2 Å². The molecule has 5 rings (SSSR count). The Hall–Kier alpha value is -3.91. The first kappa shape index (κ1) is 24.8. The summed E-state index contributed by atoms with van der Waals surface area (Å²) in [5.74, 6) is 0.552. The van der Waals surface area contributed by atoms with Crippen molar-refractivity contribution in [1.29, 1.82) is 0 Å².